The van der Waals surface area contributed by atoms with Gasteiger partial charge < -0.3 is 0 Å². The monoisotopic (exact) mass is 207 g/mol. The summed E-state index contributed by atoms with van der Waals surface area (Å²) in [5, 5.41) is 8.00. The molecule has 2 heterocycles. The van der Waals surface area contributed by atoms with Crippen LogP contribution < -0.4 is 5.69 Å². The Morgan fingerprint density at radius 1 is 1.07 bits per heavy atom. The van der Waals surface area contributed by atoms with E-state index in [4.69, 9.17) is 0 Å². The molecule has 0 aromatic carbocycles. The van der Waals surface area contributed by atoms with E-state index in [2.05, 4.69) is 15.2 Å². The Morgan fingerprint density at radius 3 is 2.27 bits per heavy atom. The van der Waals surface area contributed by atoms with Crippen molar-refractivity contribution in [1.82, 2.24) is 24.3 Å². The fraction of sp³-hybridized carbons (Fsp3) is 0.556. The summed E-state index contributed by atoms with van der Waals surface area (Å²) in [7, 11) is 3.35. The molecule has 6 heteroatoms. The second kappa shape index (κ2) is 3.15. The minimum atomic E-state index is -0.132. The van der Waals surface area contributed by atoms with Gasteiger partial charge in [0.1, 0.15) is 0 Å². The molecule has 2 aromatic rings. The maximum Gasteiger partial charge on any atom is 0.331 e. The van der Waals surface area contributed by atoms with Crippen molar-refractivity contribution in [2.24, 2.45) is 14.1 Å². The van der Waals surface area contributed by atoms with E-state index in [-0.39, 0.29) is 11.6 Å². The fourth-order valence-corrected chi connectivity index (χ4v) is 1.42. The molecule has 0 unspecified atom stereocenters. The third-order valence-corrected chi connectivity index (χ3v) is 2.39. The van der Waals surface area contributed by atoms with Gasteiger partial charge in [-0.3, -0.25) is 9.13 Å². The molecule has 0 radical (unpaired) electrons. The van der Waals surface area contributed by atoms with Crippen molar-refractivity contribution in [3.05, 3.63) is 16.3 Å². The van der Waals surface area contributed by atoms with Gasteiger partial charge in [0.2, 0.25) is 5.65 Å². The van der Waals surface area contributed by atoms with E-state index in [0.29, 0.717) is 17.1 Å². The zero-order valence-electron chi connectivity index (χ0n) is 9.22. The minimum absolute atomic E-state index is 0.132. The highest BCUT2D eigenvalue weighted by Gasteiger charge is 2.13. The van der Waals surface area contributed by atoms with E-state index in [1.54, 1.807) is 14.1 Å². The van der Waals surface area contributed by atoms with Gasteiger partial charge in [-0.05, 0) is 0 Å². The van der Waals surface area contributed by atoms with Gasteiger partial charge >= 0.3 is 5.69 Å². The number of hydrogen-bond acceptors (Lipinski definition) is 4. The van der Waals surface area contributed by atoms with Crippen molar-refractivity contribution in [3.63, 3.8) is 0 Å². The minimum Gasteiger partial charge on any atom is -0.278 e. The van der Waals surface area contributed by atoms with Gasteiger partial charge in [0.25, 0.3) is 0 Å². The van der Waals surface area contributed by atoms with Crippen molar-refractivity contribution in [1.29, 1.82) is 0 Å². The molecule has 0 bridgehead atoms. The fourth-order valence-electron chi connectivity index (χ4n) is 1.42. The van der Waals surface area contributed by atoms with Crippen LogP contribution in [0.15, 0.2) is 4.79 Å². The lowest BCUT2D eigenvalue weighted by atomic mass is 10.2. The van der Waals surface area contributed by atoms with Gasteiger partial charge in [0.05, 0.1) is 0 Å². The molecule has 0 aliphatic heterocycles. The van der Waals surface area contributed by atoms with Gasteiger partial charge in [0.15, 0.2) is 11.5 Å². The molecule has 80 valence electrons. The molecule has 0 N–H and O–H groups in total. The van der Waals surface area contributed by atoms with E-state index < -0.39 is 0 Å². The first-order valence-corrected chi connectivity index (χ1v) is 4.78. The van der Waals surface area contributed by atoms with E-state index in [0.717, 1.165) is 0 Å². The standard InChI is InChI=1S/C9H13N5O/c1-5(2)6-10-7-8(12-11-6)14(4)9(15)13(7)3/h5H,1-4H3. The van der Waals surface area contributed by atoms with Crippen LogP contribution >= 0.6 is 0 Å². The largest absolute Gasteiger partial charge is 0.331 e. The van der Waals surface area contributed by atoms with Crippen molar-refractivity contribution >= 4 is 11.3 Å². The average molecular weight is 207 g/mol. The van der Waals surface area contributed by atoms with Crippen molar-refractivity contribution in [2.75, 3.05) is 0 Å². The molecular formula is C9H13N5O. The first kappa shape index (κ1) is 9.82. The summed E-state index contributed by atoms with van der Waals surface area (Å²) in [6.07, 6.45) is 0. The average Bonchev–Trinajstić information content (AvgIpc) is 2.44. The predicted molar refractivity (Wildman–Crippen MR) is 55.6 cm³/mol. The molecule has 0 aliphatic carbocycles. The highest BCUT2D eigenvalue weighted by molar-refractivity contribution is 5.65. The number of nitrogens with zero attached hydrogens (tertiary/aromatic N) is 5. The van der Waals surface area contributed by atoms with Crippen LogP contribution in [0.3, 0.4) is 0 Å². The van der Waals surface area contributed by atoms with Gasteiger partial charge in [-0.15, -0.1) is 10.2 Å². The summed E-state index contributed by atoms with van der Waals surface area (Å²) < 4.78 is 2.93. The van der Waals surface area contributed by atoms with Gasteiger partial charge in [-0.2, -0.15) is 0 Å². The molecule has 0 fully saturated rings. The summed E-state index contributed by atoms with van der Waals surface area (Å²) in [5.74, 6) is 0.862. The Hall–Kier alpha value is -1.72. The second-order valence-electron chi connectivity index (χ2n) is 3.87. The van der Waals surface area contributed by atoms with E-state index in [1.807, 2.05) is 13.8 Å². The normalized spacial score (nSPS) is 11.5. The Bertz CT molecular complexity index is 566. The Labute approximate surface area is 86.6 Å². The third-order valence-electron chi connectivity index (χ3n) is 2.39. The summed E-state index contributed by atoms with van der Waals surface area (Å²) in [4.78, 5) is 15.9. The summed E-state index contributed by atoms with van der Waals surface area (Å²) in [6.45, 7) is 3.98. The van der Waals surface area contributed by atoms with Crippen LogP contribution in [0.4, 0.5) is 0 Å². The van der Waals surface area contributed by atoms with Gasteiger partial charge in [-0.25, -0.2) is 9.78 Å². The number of aromatic nitrogens is 5. The zero-order chi connectivity index (χ0) is 11.2. The lowest BCUT2D eigenvalue weighted by molar-refractivity contribution is 0.741. The first-order chi connectivity index (χ1) is 7.02. The van der Waals surface area contributed by atoms with Crippen LogP contribution in [0.2, 0.25) is 0 Å². The zero-order valence-corrected chi connectivity index (χ0v) is 9.22. The van der Waals surface area contributed by atoms with E-state index >= 15 is 0 Å². The summed E-state index contributed by atoms with van der Waals surface area (Å²) >= 11 is 0. The van der Waals surface area contributed by atoms with Crippen LogP contribution in [0, 0.1) is 0 Å². The highest BCUT2D eigenvalue weighted by Crippen LogP contribution is 2.10. The molecule has 2 rings (SSSR count). The molecule has 0 amide bonds. The summed E-state index contributed by atoms with van der Waals surface area (Å²) in [5.41, 5.74) is 0.973. The quantitative estimate of drug-likeness (QED) is 0.669. The number of imidazole rings is 1. The van der Waals surface area contributed by atoms with Crippen LogP contribution in [-0.2, 0) is 14.1 Å². The molecule has 0 atom stereocenters. The topological polar surface area (TPSA) is 65.6 Å². The van der Waals surface area contributed by atoms with Crippen LogP contribution in [-0.4, -0.2) is 24.3 Å². The predicted octanol–water partition coefficient (Wildman–Crippen LogP) is 0.185. The van der Waals surface area contributed by atoms with Crippen LogP contribution in [0.25, 0.3) is 11.3 Å². The Kier molecular flexibility index (Phi) is 2.06. The number of fused-ring (bicyclic) bond motifs is 1. The second-order valence-corrected chi connectivity index (χ2v) is 3.87. The number of rotatable bonds is 1. The van der Waals surface area contributed by atoms with Gasteiger partial charge in [0, 0.05) is 20.0 Å². The number of aryl methyl sites for hydroxylation is 2. The van der Waals surface area contributed by atoms with Gasteiger partial charge in [-0.1, -0.05) is 13.8 Å². The molecule has 2 aromatic heterocycles. The molecule has 0 spiro atoms. The molecule has 6 nitrogen and oxygen atoms in total. The Balaban J connectivity index is 2.83. The highest BCUT2D eigenvalue weighted by atomic mass is 16.1. The smallest absolute Gasteiger partial charge is 0.278 e. The molecular weight excluding hydrogens is 194 g/mol. The maximum atomic E-state index is 11.6. The SMILES string of the molecule is CC(C)c1nnc2c(n1)n(C)c(=O)n2C. The third kappa shape index (κ3) is 1.33. The number of hydrogen-bond donors (Lipinski definition) is 0. The summed E-state index contributed by atoms with van der Waals surface area (Å²) in [6, 6.07) is 0. The van der Waals surface area contributed by atoms with Crippen molar-refractivity contribution in [2.45, 2.75) is 19.8 Å². The first-order valence-electron chi connectivity index (χ1n) is 4.78. The maximum absolute atomic E-state index is 11.6. The Morgan fingerprint density at radius 2 is 1.67 bits per heavy atom. The molecule has 0 saturated carbocycles. The van der Waals surface area contributed by atoms with Crippen LogP contribution in [0.5, 0.6) is 0 Å². The lowest BCUT2D eigenvalue weighted by Crippen LogP contribution is -2.19. The van der Waals surface area contributed by atoms with Crippen molar-refractivity contribution < 1.29 is 0 Å². The van der Waals surface area contributed by atoms with Crippen LogP contribution in [0.1, 0.15) is 25.6 Å². The lowest BCUT2D eigenvalue weighted by Gasteiger charge is -2.01. The molecule has 0 saturated heterocycles. The van der Waals surface area contributed by atoms with E-state index in [1.165, 1.54) is 9.13 Å². The molecule has 0 aliphatic rings. The van der Waals surface area contributed by atoms with E-state index in [9.17, 15) is 4.79 Å². The molecule has 15 heavy (non-hydrogen) atoms. The van der Waals surface area contributed by atoms with Crippen molar-refractivity contribution in [3.8, 4) is 0 Å².